The Bertz CT molecular complexity index is 1040. The summed E-state index contributed by atoms with van der Waals surface area (Å²) in [5, 5.41) is 13.0. The van der Waals surface area contributed by atoms with Crippen molar-refractivity contribution in [1.82, 2.24) is 25.2 Å². The van der Waals surface area contributed by atoms with E-state index in [9.17, 15) is 9.59 Å². The highest BCUT2D eigenvalue weighted by atomic mass is 32.1. The van der Waals surface area contributed by atoms with Crippen molar-refractivity contribution >= 4 is 23.2 Å². The Morgan fingerprint density at radius 3 is 2.68 bits per heavy atom. The van der Waals surface area contributed by atoms with Gasteiger partial charge >= 0.3 is 0 Å². The van der Waals surface area contributed by atoms with Gasteiger partial charge in [0.05, 0.1) is 11.1 Å². The predicted molar refractivity (Wildman–Crippen MR) is 121 cm³/mol. The summed E-state index contributed by atoms with van der Waals surface area (Å²) >= 11 is 1.71. The highest BCUT2D eigenvalue weighted by molar-refractivity contribution is 7.13. The van der Waals surface area contributed by atoms with Crippen LogP contribution in [0, 0.1) is 12.3 Å². The average molecular weight is 438 g/mol. The molecule has 1 N–H and O–H groups in total. The molecule has 0 spiro atoms. The van der Waals surface area contributed by atoms with Gasteiger partial charge in [-0.1, -0.05) is 35.5 Å². The van der Waals surface area contributed by atoms with Gasteiger partial charge in [-0.15, -0.1) is 16.4 Å². The van der Waals surface area contributed by atoms with Crippen molar-refractivity contribution < 1.29 is 9.59 Å². The summed E-state index contributed by atoms with van der Waals surface area (Å²) in [5.41, 5.74) is 2.44. The molecule has 3 heterocycles. The van der Waals surface area contributed by atoms with Gasteiger partial charge < -0.3 is 10.2 Å². The van der Waals surface area contributed by atoms with Crippen LogP contribution >= 0.6 is 11.3 Å². The van der Waals surface area contributed by atoms with Gasteiger partial charge in [0.2, 0.25) is 11.8 Å². The summed E-state index contributed by atoms with van der Waals surface area (Å²) in [6.07, 6.45) is 3.00. The van der Waals surface area contributed by atoms with Crippen molar-refractivity contribution in [3.63, 3.8) is 0 Å². The molecule has 4 rings (SSSR count). The molecule has 1 saturated heterocycles. The summed E-state index contributed by atoms with van der Waals surface area (Å²) in [5.74, 6) is -0.0200. The third-order valence-electron chi connectivity index (χ3n) is 5.78. The Labute approximate surface area is 186 Å². The van der Waals surface area contributed by atoms with Crippen molar-refractivity contribution in [1.29, 1.82) is 0 Å². The van der Waals surface area contributed by atoms with Gasteiger partial charge in [-0.2, -0.15) is 0 Å². The Hall–Kier alpha value is -3.00. The van der Waals surface area contributed by atoms with Crippen molar-refractivity contribution in [2.24, 2.45) is 5.41 Å². The van der Waals surface area contributed by atoms with E-state index < -0.39 is 5.41 Å². The highest BCUT2D eigenvalue weighted by Gasteiger charge is 2.45. The van der Waals surface area contributed by atoms with Crippen LogP contribution in [-0.4, -0.2) is 51.3 Å². The van der Waals surface area contributed by atoms with Crippen LogP contribution in [-0.2, 0) is 22.6 Å². The molecule has 2 aromatic heterocycles. The predicted octanol–water partition coefficient (Wildman–Crippen LogP) is 2.91. The monoisotopic (exact) mass is 437 g/mol. The Balaban J connectivity index is 1.49. The number of nitrogens with zero attached hydrogens (tertiary/aromatic N) is 4. The van der Waals surface area contributed by atoms with Crippen LogP contribution in [0.15, 0.2) is 48.0 Å². The van der Waals surface area contributed by atoms with Crippen molar-refractivity contribution in [2.75, 3.05) is 19.6 Å². The molecule has 8 heteroatoms. The van der Waals surface area contributed by atoms with E-state index in [1.807, 2.05) is 19.9 Å². The van der Waals surface area contributed by atoms with E-state index in [-0.39, 0.29) is 18.4 Å². The fourth-order valence-electron chi connectivity index (χ4n) is 4.17. The van der Waals surface area contributed by atoms with Crippen molar-refractivity contribution in [2.45, 2.75) is 33.2 Å². The lowest BCUT2D eigenvalue weighted by Crippen LogP contribution is -2.45. The minimum Gasteiger partial charge on any atom is -0.356 e. The molecule has 0 saturated carbocycles. The summed E-state index contributed by atoms with van der Waals surface area (Å²) in [4.78, 5) is 28.9. The molecule has 2 amide bonds. The third kappa shape index (κ3) is 4.69. The number of amides is 2. The van der Waals surface area contributed by atoms with Gasteiger partial charge in [-0.05, 0) is 49.3 Å². The summed E-state index contributed by atoms with van der Waals surface area (Å²) < 4.78 is 1.55. The van der Waals surface area contributed by atoms with E-state index in [1.54, 1.807) is 27.1 Å². The summed E-state index contributed by atoms with van der Waals surface area (Å²) in [6, 6.07) is 12.6. The number of aryl methyl sites for hydroxylation is 1. The zero-order chi connectivity index (χ0) is 21.8. The standard InChI is InChI=1S/C23H27N5O2S/c1-3-24-22(30)23(13-18-6-8-19(9-7-18)20-5-4-12-31-20)10-11-27(16-23)21(29)15-28-14-17(2)25-26-28/h4-9,12,14H,3,10-11,13,15-16H2,1-2H3,(H,24,30). The van der Waals surface area contributed by atoms with Gasteiger partial charge in [0, 0.05) is 30.7 Å². The number of aromatic nitrogens is 3. The van der Waals surface area contributed by atoms with Crippen molar-refractivity contribution in [3.05, 3.63) is 59.2 Å². The summed E-state index contributed by atoms with van der Waals surface area (Å²) in [6.45, 7) is 5.46. The number of carbonyl (C=O) groups is 2. The number of benzene rings is 1. The molecule has 1 atom stereocenters. The zero-order valence-corrected chi connectivity index (χ0v) is 18.7. The van der Waals surface area contributed by atoms with Gasteiger partial charge in [-0.25, -0.2) is 4.68 Å². The smallest absolute Gasteiger partial charge is 0.244 e. The first kappa shape index (κ1) is 21.2. The van der Waals surface area contributed by atoms with Gasteiger partial charge in [0.15, 0.2) is 0 Å². The van der Waals surface area contributed by atoms with E-state index in [1.165, 1.54) is 10.4 Å². The lowest BCUT2D eigenvalue weighted by atomic mass is 9.79. The maximum atomic E-state index is 13.1. The number of nitrogens with one attached hydrogen (secondary N) is 1. The second-order valence-corrected chi connectivity index (χ2v) is 9.06. The number of thiophene rings is 1. The SMILES string of the molecule is CCNC(=O)C1(Cc2ccc(-c3cccs3)cc2)CCN(C(=O)Cn2cc(C)nn2)C1. The highest BCUT2D eigenvalue weighted by Crippen LogP contribution is 2.35. The van der Waals surface area contributed by atoms with Crippen LogP contribution in [0.5, 0.6) is 0 Å². The molecular formula is C23H27N5O2S. The molecule has 3 aromatic rings. The Morgan fingerprint density at radius 2 is 2.03 bits per heavy atom. The molecule has 0 aliphatic carbocycles. The molecule has 1 aliphatic rings. The van der Waals surface area contributed by atoms with Crippen LogP contribution in [0.4, 0.5) is 0 Å². The molecule has 0 radical (unpaired) electrons. The molecule has 1 aromatic carbocycles. The third-order valence-corrected chi connectivity index (χ3v) is 6.70. The summed E-state index contributed by atoms with van der Waals surface area (Å²) in [7, 11) is 0. The van der Waals surface area contributed by atoms with Crippen LogP contribution < -0.4 is 5.32 Å². The molecule has 7 nitrogen and oxygen atoms in total. The molecule has 1 unspecified atom stereocenters. The molecule has 162 valence electrons. The van der Waals surface area contributed by atoms with Gasteiger partial charge in [0.1, 0.15) is 6.54 Å². The van der Waals surface area contributed by atoms with E-state index in [0.717, 1.165) is 11.3 Å². The van der Waals surface area contributed by atoms with Crippen molar-refractivity contribution in [3.8, 4) is 10.4 Å². The Kier molecular flexibility index (Phi) is 6.18. The molecule has 0 bridgehead atoms. The first-order chi connectivity index (χ1) is 15.0. The van der Waals surface area contributed by atoms with E-state index in [2.05, 4.69) is 51.3 Å². The van der Waals surface area contributed by atoms with E-state index in [4.69, 9.17) is 0 Å². The maximum Gasteiger partial charge on any atom is 0.244 e. The van der Waals surface area contributed by atoms with Crippen LogP contribution in [0.1, 0.15) is 24.6 Å². The fraction of sp³-hybridized carbons (Fsp3) is 0.391. The lowest BCUT2D eigenvalue weighted by Gasteiger charge is -2.28. The number of likely N-dealkylation sites (tertiary alicyclic amines) is 1. The second kappa shape index (κ2) is 9.01. The largest absolute Gasteiger partial charge is 0.356 e. The number of hydrogen-bond donors (Lipinski definition) is 1. The second-order valence-electron chi connectivity index (χ2n) is 8.11. The first-order valence-corrected chi connectivity index (χ1v) is 11.4. The average Bonchev–Trinajstić information content (AvgIpc) is 3.51. The molecular weight excluding hydrogens is 410 g/mol. The molecule has 31 heavy (non-hydrogen) atoms. The maximum absolute atomic E-state index is 13.1. The first-order valence-electron chi connectivity index (χ1n) is 10.5. The Morgan fingerprint density at radius 1 is 1.23 bits per heavy atom. The minimum absolute atomic E-state index is 0.0178. The van der Waals surface area contributed by atoms with E-state index in [0.29, 0.717) is 32.5 Å². The van der Waals surface area contributed by atoms with Crippen LogP contribution in [0.3, 0.4) is 0 Å². The van der Waals surface area contributed by atoms with Crippen LogP contribution in [0.25, 0.3) is 10.4 Å². The molecule has 1 aliphatic heterocycles. The number of carbonyl (C=O) groups excluding carboxylic acids is 2. The van der Waals surface area contributed by atoms with Gasteiger partial charge in [-0.3, -0.25) is 9.59 Å². The van der Waals surface area contributed by atoms with E-state index >= 15 is 0 Å². The van der Waals surface area contributed by atoms with Crippen LogP contribution in [0.2, 0.25) is 0 Å². The van der Waals surface area contributed by atoms with Gasteiger partial charge in [0.25, 0.3) is 0 Å². The minimum atomic E-state index is -0.617. The fourth-order valence-corrected chi connectivity index (χ4v) is 4.91. The topological polar surface area (TPSA) is 80.1 Å². The normalized spacial score (nSPS) is 18.3. The molecule has 1 fully saturated rings. The quantitative estimate of drug-likeness (QED) is 0.616. The number of rotatable bonds is 7. The number of hydrogen-bond acceptors (Lipinski definition) is 5. The zero-order valence-electron chi connectivity index (χ0n) is 17.9. The lowest BCUT2D eigenvalue weighted by molar-refractivity contribution is -0.133.